The van der Waals surface area contributed by atoms with E-state index in [1.165, 1.54) is 23.9 Å². The van der Waals surface area contributed by atoms with Gasteiger partial charge in [0.15, 0.2) is 5.84 Å². The quantitative estimate of drug-likeness (QED) is 0.295. The van der Waals surface area contributed by atoms with E-state index in [1.807, 2.05) is 6.07 Å². The molecule has 0 aliphatic heterocycles. The molecule has 3 N–H and O–H groups in total. The minimum absolute atomic E-state index is 0.132. The van der Waals surface area contributed by atoms with Crippen molar-refractivity contribution < 1.29 is 10.1 Å². The topological polar surface area (TPSA) is 102 Å². The van der Waals surface area contributed by atoms with Gasteiger partial charge in [-0.05, 0) is 24.3 Å². The molecular formula is C13H10ClN3O3S. The zero-order chi connectivity index (χ0) is 15.4. The molecule has 2 aromatic rings. The normalized spacial score (nSPS) is 11.4. The third-order valence-corrected chi connectivity index (χ3v) is 3.88. The second-order valence-corrected chi connectivity index (χ2v) is 5.53. The Bertz CT molecular complexity index is 722. The highest BCUT2D eigenvalue weighted by Gasteiger charge is 2.15. The first-order valence-electron chi connectivity index (χ1n) is 5.71. The Morgan fingerprint density at radius 1 is 1.33 bits per heavy atom. The number of non-ortho nitro benzene ring substituents is 1. The van der Waals surface area contributed by atoms with E-state index < -0.39 is 4.92 Å². The molecule has 0 aromatic heterocycles. The number of amidine groups is 1. The Balaban J connectivity index is 2.45. The van der Waals surface area contributed by atoms with Gasteiger partial charge in [0.2, 0.25) is 0 Å². The van der Waals surface area contributed by atoms with Crippen molar-refractivity contribution in [2.24, 2.45) is 10.9 Å². The van der Waals surface area contributed by atoms with Gasteiger partial charge in [-0.1, -0.05) is 34.6 Å². The van der Waals surface area contributed by atoms with Crippen LogP contribution in [0.2, 0.25) is 5.02 Å². The first-order valence-corrected chi connectivity index (χ1v) is 6.90. The smallest absolute Gasteiger partial charge is 0.270 e. The molecule has 0 radical (unpaired) electrons. The van der Waals surface area contributed by atoms with Gasteiger partial charge in [0.05, 0.1) is 4.92 Å². The van der Waals surface area contributed by atoms with Crippen molar-refractivity contribution in [1.29, 1.82) is 0 Å². The summed E-state index contributed by atoms with van der Waals surface area (Å²) in [6.07, 6.45) is 0. The van der Waals surface area contributed by atoms with Crippen molar-refractivity contribution in [3.8, 4) is 0 Å². The van der Waals surface area contributed by atoms with Gasteiger partial charge in [-0.25, -0.2) is 0 Å². The predicted molar refractivity (Wildman–Crippen MR) is 81.2 cm³/mol. The van der Waals surface area contributed by atoms with Crippen LogP contribution < -0.4 is 5.73 Å². The van der Waals surface area contributed by atoms with Gasteiger partial charge in [0, 0.05) is 32.5 Å². The maximum absolute atomic E-state index is 10.8. The molecule has 6 nitrogen and oxygen atoms in total. The number of nitro benzene ring substituents is 1. The van der Waals surface area contributed by atoms with E-state index in [0.717, 1.165) is 4.90 Å². The molecule has 2 rings (SSSR count). The summed E-state index contributed by atoms with van der Waals surface area (Å²) in [5, 5.41) is 23.1. The maximum atomic E-state index is 10.8. The first kappa shape index (κ1) is 15.1. The van der Waals surface area contributed by atoms with Crippen LogP contribution in [0.4, 0.5) is 5.69 Å². The van der Waals surface area contributed by atoms with Crippen LogP contribution in [-0.2, 0) is 0 Å². The van der Waals surface area contributed by atoms with E-state index in [-0.39, 0.29) is 17.1 Å². The van der Waals surface area contributed by atoms with Crippen LogP contribution in [0.1, 0.15) is 5.56 Å². The summed E-state index contributed by atoms with van der Waals surface area (Å²) in [5.74, 6) is -0.191. The summed E-state index contributed by atoms with van der Waals surface area (Å²) in [5.41, 5.74) is 5.74. The molecule has 108 valence electrons. The van der Waals surface area contributed by atoms with Crippen LogP contribution in [0.15, 0.2) is 57.4 Å². The van der Waals surface area contributed by atoms with Crippen LogP contribution in [0.25, 0.3) is 0 Å². The van der Waals surface area contributed by atoms with E-state index in [2.05, 4.69) is 5.16 Å². The van der Waals surface area contributed by atoms with Crippen molar-refractivity contribution in [1.82, 2.24) is 0 Å². The summed E-state index contributed by atoms with van der Waals surface area (Å²) in [6.45, 7) is 0. The van der Waals surface area contributed by atoms with E-state index >= 15 is 0 Å². The van der Waals surface area contributed by atoms with E-state index in [9.17, 15) is 10.1 Å². The minimum atomic E-state index is -0.540. The number of hydrogen-bond acceptors (Lipinski definition) is 5. The number of hydrogen-bond donors (Lipinski definition) is 2. The standard InChI is InChI=1S/C13H10ClN3O3S/c14-8-2-1-3-10(6-8)21-12-5-4-9(17(19)20)7-11(12)13(15)16-18/h1-7,18H,(H2,15,16). The molecule has 21 heavy (non-hydrogen) atoms. The molecule has 2 aromatic carbocycles. The fourth-order valence-electron chi connectivity index (χ4n) is 1.63. The van der Waals surface area contributed by atoms with Gasteiger partial charge >= 0.3 is 0 Å². The molecule has 0 aliphatic rings. The molecule has 0 aliphatic carbocycles. The lowest BCUT2D eigenvalue weighted by atomic mass is 10.2. The molecule has 0 bridgehead atoms. The van der Waals surface area contributed by atoms with Crippen LogP contribution in [0.3, 0.4) is 0 Å². The fraction of sp³-hybridized carbons (Fsp3) is 0. The lowest BCUT2D eigenvalue weighted by molar-refractivity contribution is -0.384. The molecular weight excluding hydrogens is 314 g/mol. The van der Waals surface area contributed by atoms with Crippen LogP contribution in [0, 0.1) is 10.1 Å². The van der Waals surface area contributed by atoms with E-state index in [0.29, 0.717) is 9.92 Å². The number of nitrogens with two attached hydrogens (primary N) is 1. The summed E-state index contributed by atoms with van der Waals surface area (Å²) < 4.78 is 0. The van der Waals surface area contributed by atoms with Crippen LogP contribution in [-0.4, -0.2) is 16.0 Å². The van der Waals surface area contributed by atoms with Gasteiger partial charge in [-0.2, -0.15) is 0 Å². The van der Waals surface area contributed by atoms with Crippen molar-refractivity contribution in [2.75, 3.05) is 0 Å². The van der Waals surface area contributed by atoms with Gasteiger partial charge in [-0.3, -0.25) is 10.1 Å². The second-order valence-electron chi connectivity index (χ2n) is 3.98. The van der Waals surface area contributed by atoms with E-state index in [4.69, 9.17) is 22.5 Å². The van der Waals surface area contributed by atoms with Crippen molar-refractivity contribution in [3.05, 3.63) is 63.2 Å². The predicted octanol–water partition coefficient (Wildman–Crippen LogP) is 3.49. The van der Waals surface area contributed by atoms with Gasteiger partial charge < -0.3 is 10.9 Å². The Labute approximate surface area is 129 Å². The molecule has 0 amide bonds. The van der Waals surface area contributed by atoms with Crippen LogP contribution in [0.5, 0.6) is 0 Å². The number of halogens is 1. The fourth-order valence-corrected chi connectivity index (χ4v) is 2.88. The van der Waals surface area contributed by atoms with Gasteiger partial charge in [-0.15, -0.1) is 0 Å². The SMILES string of the molecule is NC(=NO)c1cc([N+](=O)[O-])ccc1Sc1cccc(Cl)c1. The molecule has 0 fully saturated rings. The van der Waals surface area contributed by atoms with Crippen LogP contribution >= 0.6 is 23.4 Å². The molecule has 0 atom stereocenters. The third kappa shape index (κ3) is 3.65. The summed E-state index contributed by atoms with van der Waals surface area (Å²) in [4.78, 5) is 11.7. The maximum Gasteiger partial charge on any atom is 0.270 e. The minimum Gasteiger partial charge on any atom is -0.409 e. The second kappa shape index (κ2) is 6.47. The number of nitro groups is 1. The highest BCUT2D eigenvalue weighted by Crippen LogP contribution is 2.33. The zero-order valence-corrected chi connectivity index (χ0v) is 12.1. The third-order valence-electron chi connectivity index (χ3n) is 2.58. The van der Waals surface area contributed by atoms with Crippen molar-refractivity contribution >= 4 is 34.9 Å². The number of nitrogens with zero attached hydrogens (tertiary/aromatic N) is 2. The molecule has 0 unspecified atom stereocenters. The average molecular weight is 324 g/mol. The molecule has 0 saturated carbocycles. The highest BCUT2D eigenvalue weighted by atomic mass is 35.5. The number of oxime groups is 1. The van der Waals surface area contributed by atoms with Crippen molar-refractivity contribution in [2.45, 2.75) is 9.79 Å². The Morgan fingerprint density at radius 2 is 2.10 bits per heavy atom. The Kier molecular flexibility index (Phi) is 4.66. The molecule has 8 heteroatoms. The largest absolute Gasteiger partial charge is 0.409 e. The van der Waals surface area contributed by atoms with Gasteiger partial charge in [0.25, 0.3) is 5.69 Å². The highest BCUT2D eigenvalue weighted by molar-refractivity contribution is 7.99. The summed E-state index contributed by atoms with van der Waals surface area (Å²) >= 11 is 7.23. The molecule has 0 heterocycles. The first-order chi connectivity index (χ1) is 10.0. The molecule has 0 saturated heterocycles. The number of benzene rings is 2. The Hall–Kier alpha value is -2.25. The summed E-state index contributed by atoms with van der Waals surface area (Å²) in [6, 6.07) is 11.3. The number of rotatable bonds is 4. The molecule has 0 spiro atoms. The average Bonchev–Trinajstić information content (AvgIpc) is 2.46. The Morgan fingerprint density at radius 3 is 2.71 bits per heavy atom. The van der Waals surface area contributed by atoms with Gasteiger partial charge in [0.1, 0.15) is 0 Å². The van der Waals surface area contributed by atoms with E-state index in [1.54, 1.807) is 24.3 Å². The lowest BCUT2D eigenvalue weighted by Gasteiger charge is -2.08. The summed E-state index contributed by atoms with van der Waals surface area (Å²) in [7, 11) is 0. The monoisotopic (exact) mass is 323 g/mol. The van der Waals surface area contributed by atoms with Crippen molar-refractivity contribution in [3.63, 3.8) is 0 Å². The zero-order valence-electron chi connectivity index (χ0n) is 10.6. The lowest BCUT2D eigenvalue weighted by Crippen LogP contribution is -2.14.